The van der Waals surface area contributed by atoms with E-state index in [1.807, 2.05) is 12.1 Å². The molecule has 0 unspecified atom stereocenters. The number of nitrogen functional groups attached to an aromatic ring is 1. The molecule has 0 radical (unpaired) electrons. The van der Waals surface area contributed by atoms with Crippen molar-refractivity contribution in [3.63, 3.8) is 0 Å². The van der Waals surface area contributed by atoms with E-state index in [0.717, 1.165) is 5.56 Å². The lowest BCUT2D eigenvalue weighted by Crippen LogP contribution is -2.20. The number of nitrogens with one attached hydrogen (secondary N) is 2. The van der Waals surface area contributed by atoms with E-state index in [4.69, 9.17) is 45.2 Å². The second-order valence-corrected chi connectivity index (χ2v) is 5.89. The molecule has 0 saturated carbocycles. The zero-order valence-electron chi connectivity index (χ0n) is 15.8. The van der Waals surface area contributed by atoms with Crippen LogP contribution in [0.2, 0.25) is 0 Å². The van der Waals surface area contributed by atoms with E-state index in [0.29, 0.717) is 5.82 Å². The highest BCUT2D eigenvalue weighted by molar-refractivity contribution is 7.79. The number of aromatic carboxylic acids is 1. The second-order valence-electron chi connectivity index (χ2n) is 5.00. The summed E-state index contributed by atoms with van der Waals surface area (Å²) in [6.07, 6.45) is 6.27. The number of anilines is 1. The minimum Gasteiger partial charge on any atom is -0.478 e. The fourth-order valence-electron chi connectivity index (χ4n) is 1.41. The third-order valence-electron chi connectivity index (χ3n) is 2.60. The summed E-state index contributed by atoms with van der Waals surface area (Å²) in [6.45, 7) is 0.167. The molecule has 0 aliphatic carbocycles. The highest BCUT2D eigenvalue weighted by Gasteiger charge is 2.00. The molecule has 31 heavy (non-hydrogen) atoms. The molecular weight excluding hydrogens is 434 g/mol. The van der Waals surface area contributed by atoms with Crippen molar-refractivity contribution in [3.8, 4) is 11.4 Å². The van der Waals surface area contributed by atoms with E-state index in [1.54, 1.807) is 12.4 Å². The first-order valence-corrected chi connectivity index (χ1v) is 9.28. The van der Waals surface area contributed by atoms with Crippen molar-refractivity contribution < 1.29 is 27.4 Å². The molecule has 0 aromatic carbocycles. The Morgan fingerprint density at radius 2 is 1.48 bits per heavy atom. The fourth-order valence-corrected chi connectivity index (χ4v) is 1.41. The van der Waals surface area contributed by atoms with Crippen molar-refractivity contribution in [2.45, 2.75) is 0 Å². The van der Waals surface area contributed by atoms with Gasteiger partial charge >= 0.3 is 16.4 Å². The summed E-state index contributed by atoms with van der Waals surface area (Å²) in [4.78, 5) is 21.7. The summed E-state index contributed by atoms with van der Waals surface area (Å²) in [5.41, 5.74) is 16.1. The summed E-state index contributed by atoms with van der Waals surface area (Å²) >= 11 is 0. The van der Waals surface area contributed by atoms with Gasteiger partial charge in [0.05, 0.1) is 12.1 Å². The minimum atomic E-state index is -4.67. The number of aromatic nitrogens is 5. The van der Waals surface area contributed by atoms with E-state index in [1.165, 1.54) is 24.5 Å². The summed E-state index contributed by atoms with van der Waals surface area (Å²) in [7, 11) is -4.67. The average Bonchev–Trinajstić information content (AvgIpc) is 3.15. The Bertz CT molecular complexity index is 1020. The third kappa shape index (κ3) is 15.6. The summed E-state index contributed by atoms with van der Waals surface area (Å²) < 4.78 is 31.6. The number of nitrogens with zero attached hydrogens (tertiary/aromatic N) is 4. The van der Waals surface area contributed by atoms with Crippen molar-refractivity contribution in [1.82, 2.24) is 25.1 Å². The fraction of sp³-hybridized carbons (Fsp3) is 0.0667. The first-order valence-electron chi connectivity index (χ1n) is 7.88. The zero-order chi connectivity index (χ0) is 23.9. The minimum absolute atomic E-state index is 0.0324. The standard InChI is InChI=1S/C7H7N5.C6H5NO2.C2H7N3.H2O4S/c8-7-10-6(11-12-7)5-1-3-9-4-2-5;8-6(9)5-1-3-7-4-2-5;3-1-2(4)5;1-5(2,3)4/h1-4H,(H3,8,10,11,12);1-4H,(H,8,9);1,3H2,(H3,4,5);(H2,1,2,3,4). The maximum atomic E-state index is 10.2. The van der Waals surface area contributed by atoms with Gasteiger partial charge in [-0.25, -0.2) is 4.79 Å². The Kier molecular flexibility index (Phi) is 12.3. The molecule has 3 heterocycles. The maximum absolute atomic E-state index is 10.2. The van der Waals surface area contributed by atoms with Gasteiger partial charge in [0, 0.05) is 30.4 Å². The molecule has 3 rings (SSSR count). The van der Waals surface area contributed by atoms with Crippen LogP contribution < -0.4 is 17.2 Å². The van der Waals surface area contributed by atoms with Crippen molar-refractivity contribution >= 4 is 28.2 Å². The summed E-state index contributed by atoms with van der Waals surface area (Å²) in [5.74, 6) is 0.0270. The first kappa shape index (κ1) is 27.0. The van der Waals surface area contributed by atoms with Gasteiger partial charge in [0.1, 0.15) is 5.84 Å². The van der Waals surface area contributed by atoms with Crippen LogP contribution in [0.3, 0.4) is 0 Å². The number of nitrogens with two attached hydrogens (primary N) is 3. The van der Waals surface area contributed by atoms with E-state index >= 15 is 0 Å². The Morgan fingerprint density at radius 3 is 1.77 bits per heavy atom. The molecule has 0 amide bonds. The normalized spacial score (nSPS) is 9.52. The molecule has 168 valence electrons. The average molecular weight is 455 g/mol. The highest BCUT2D eigenvalue weighted by atomic mass is 32.3. The van der Waals surface area contributed by atoms with Crippen LogP contribution in [0.15, 0.2) is 49.1 Å². The van der Waals surface area contributed by atoms with Gasteiger partial charge < -0.3 is 22.3 Å². The second kappa shape index (κ2) is 14.1. The van der Waals surface area contributed by atoms with Gasteiger partial charge in [-0.3, -0.25) is 29.6 Å². The van der Waals surface area contributed by atoms with Crippen LogP contribution in [-0.4, -0.2) is 66.1 Å². The molecule has 0 aliphatic heterocycles. The summed E-state index contributed by atoms with van der Waals surface area (Å²) in [6, 6.07) is 6.56. The van der Waals surface area contributed by atoms with Crippen molar-refractivity contribution in [2.75, 3.05) is 12.3 Å². The molecule has 15 nitrogen and oxygen atoms in total. The molecule has 16 heteroatoms. The largest absolute Gasteiger partial charge is 0.478 e. The van der Waals surface area contributed by atoms with Crippen LogP contribution in [0, 0.1) is 5.41 Å². The number of hydrogen-bond donors (Lipinski definition) is 8. The lowest BCUT2D eigenvalue weighted by atomic mass is 10.3. The van der Waals surface area contributed by atoms with E-state index in [-0.39, 0.29) is 23.9 Å². The number of carboxylic acid groups (broad SMARTS) is 1. The predicted molar refractivity (Wildman–Crippen MR) is 110 cm³/mol. The zero-order valence-corrected chi connectivity index (χ0v) is 16.6. The molecular formula is C15H21N9O6S. The number of H-pyrrole nitrogens is 1. The smallest absolute Gasteiger partial charge is 0.394 e. The molecule has 0 spiro atoms. The molecule has 3 aromatic heterocycles. The number of hydrogen-bond acceptors (Lipinski definition) is 10. The SMILES string of the molecule is N=C(N)CN.Nc1n[nH]c(-c2ccncc2)n1.O=C(O)c1ccncc1.O=S(=O)(O)O. The molecule has 3 aromatic rings. The number of pyridine rings is 2. The maximum Gasteiger partial charge on any atom is 0.394 e. The Balaban J connectivity index is 0.000000420. The third-order valence-corrected chi connectivity index (χ3v) is 2.60. The topological polar surface area (TPSA) is 281 Å². The van der Waals surface area contributed by atoms with Gasteiger partial charge in [-0.1, -0.05) is 0 Å². The van der Waals surface area contributed by atoms with Crippen LogP contribution in [0.25, 0.3) is 11.4 Å². The lowest BCUT2D eigenvalue weighted by Gasteiger charge is -1.91. The Labute approximate surface area is 176 Å². The van der Waals surface area contributed by atoms with Gasteiger partial charge in [0.15, 0.2) is 5.82 Å². The number of carbonyl (C=O) groups is 1. The Hall–Kier alpha value is -3.99. The number of rotatable bonds is 3. The van der Waals surface area contributed by atoms with E-state index in [2.05, 4.69) is 25.1 Å². The molecule has 0 atom stereocenters. The summed E-state index contributed by atoms with van der Waals surface area (Å²) in [5, 5.41) is 21.2. The lowest BCUT2D eigenvalue weighted by molar-refractivity contribution is 0.0696. The van der Waals surface area contributed by atoms with Crippen LogP contribution in [0.4, 0.5) is 5.95 Å². The molecule has 11 N–H and O–H groups in total. The van der Waals surface area contributed by atoms with Crippen LogP contribution in [0.5, 0.6) is 0 Å². The number of aromatic amines is 1. The van der Waals surface area contributed by atoms with Crippen molar-refractivity contribution in [1.29, 1.82) is 5.41 Å². The van der Waals surface area contributed by atoms with Gasteiger partial charge in [-0.15, -0.1) is 5.10 Å². The van der Waals surface area contributed by atoms with Crippen LogP contribution >= 0.6 is 0 Å². The number of carboxylic acids is 1. The van der Waals surface area contributed by atoms with Gasteiger partial charge in [-0.05, 0) is 24.3 Å². The van der Waals surface area contributed by atoms with E-state index in [9.17, 15) is 4.79 Å². The monoisotopic (exact) mass is 455 g/mol. The Morgan fingerprint density at radius 1 is 1.06 bits per heavy atom. The molecule has 0 fully saturated rings. The van der Waals surface area contributed by atoms with E-state index < -0.39 is 16.4 Å². The quantitative estimate of drug-likeness (QED) is 0.140. The number of amidine groups is 1. The van der Waals surface area contributed by atoms with Gasteiger partial charge in [0.2, 0.25) is 5.95 Å². The predicted octanol–water partition coefficient (Wildman–Crippen LogP) is -0.543. The van der Waals surface area contributed by atoms with Crippen LogP contribution in [0.1, 0.15) is 10.4 Å². The van der Waals surface area contributed by atoms with Crippen molar-refractivity contribution in [2.24, 2.45) is 11.5 Å². The van der Waals surface area contributed by atoms with Gasteiger partial charge in [0.25, 0.3) is 0 Å². The molecule has 0 saturated heterocycles. The van der Waals surface area contributed by atoms with Gasteiger partial charge in [-0.2, -0.15) is 13.4 Å². The first-order chi connectivity index (χ1) is 14.4. The molecule has 0 bridgehead atoms. The highest BCUT2D eigenvalue weighted by Crippen LogP contribution is 2.12. The van der Waals surface area contributed by atoms with Crippen molar-refractivity contribution in [3.05, 3.63) is 54.6 Å². The van der Waals surface area contributed by atoms with Crippen LogP contribution in [-0.2, 0) is 10.4 Å². The molecule has 0 aliphatic rings.